The fraction of sp³-hybridized carbons (Fsp3) is 0.438. The van der Waals surface area contributed by atoms with E-state index in [1.165, 1.54) is 5.57 Å². The van der Waals surface area contributed by atoms with Crippen LogP contribution in [0, 0.1) is 0 Å². The van der Waals surface area contributed by atoms with Crippen molar-refractivity contribution < 1.29 is 9.53 Å². The van der Waals surface area contributed by atoms with Crippen LogP contribution in [-0.4, -0.2) is 29.8 Å². The molecule has 0 saturated carbocycles. The Bertz CT molecular complexity index is 503. The number of carbonyl (C=O) groups is 1. The quantitative estimate of drug-likeness (QED) is 0.733. The number of anilines is 1. The minimum absolute atomic E-state index is 0.315. The molecule has 1 aromatic rings. The average molecular weight is 274 g/mol. The number of carbonyl (C=O) groups excluding carboxylic acids is 1. The van der Waals surface area contributed by atoms with Gasteiger partial charge in [-0.1, -0.05) is 29.8 Å². The fourth-order valence-electron chi connectivity index (χ4n) is 2.05. The topological polar surface area (TPSA) is 32.8 Å². The molecule has 1 aromatic carbocycles. The van der Waals surface area contributed by atoms with E-state index in [2.05, 4.69) is 13.0 Å². The minimum Gasteiger partial charge on any atom is -0.442 e. The SMILES string of the molecule is CC1=CCN(C(=O)OC(C)(C)C)N(c2ccccc2)C1. The lowest BCUT2D eigenvalue weighted by atomic mass is 10.2. The summed E-state index contributed by atoms with van der Waals surface area (Å²) in [6.45, 7) is 8.94. The predicted molar refractivity (Wildman–Crippen MR) is 80.5 cm³/mol. The van der Waals surface area contributed by atoms with Crippen molar-refractivity contribution in [1.82, 2.24) is 5.01 Å². The lowest BCUT2D eigenvalue weighted by Gasteiger charge is -2.39. The van der Waals surface area contributed by atoms with Gasteiger partial charge in [-0.05, 0) is 39.8 Å². The van der Waals surface area contributed by atoms with Gasteiger partial charge in [0.05, 0.1) is 18.8 Å². The van der Waals surface area contributed by atoms with Crippen molar-refractivity contribution in [2.24, 2.45) is 0 Å². The summed E-state index contributed by atoms with van der Waals surface area (Å²) in [5.74, 6) is 0. The van der Waals surface area contributed by atoms with Crippen molar-refractivity contribution in [3.05, 3.63) is 42.0 Å². The van der Waals surface area contributed by atoms with Gasteiger partial charge in [0.25, 0.3) is 0 Å². The Balaban J connectivity index is 2.23. The third-order valence-corrected chi connectivity index (χ3v) is 2.96. The zero-order chi connectivity index (χ0) is 14.8. The van der Waals surface area contributed by atoms with E-state index in [1.54, 1.807) is 5.01 Å². The fourth-order valence-corrected chi connectivity index (χ4v) is 2.05. The van der Waals surface area contributed by atoms with Crippen molar-refractivity contribution >= 4 is 11.8 Å². The summed E-state index contributed by atoms with van der Waals surface area (Å²) in [6, 6.07) is 9.90. The van der Waals surface area contributed by atoms with Crippen LogP contribution in [0.4, 0.5) is 10.5 Å². The number of amides is 1. The second kappa shape index (κ2) is 5.57. The minimum atomic E-state index is -0.490. The van der Waals surface area contributed by atoms with Crippen LogP contribution in [0.25, 0.3) is 0 Å². The molecule has 0 unspecified atom stereocenters. The number of hydrazine groups is 1. The van der Waals surface area contributed by atoms with Crippen molar-refractivity contribution in [3.63, 3.8) is 0 Å². The van der Waals surface area contributed by atoms with Crippen LogP contribution in [0.2, 0.25) is 0 Å². The Labute approximate surface area is 120 Å². The van der Waals surface area contributed by atoms with Gasteiger partial charge in [0.2, 0.25) is 0 Å². The molecular weight excluding hydrogens is 252 g/mol. The second-order valence-electron chi connectivity index (χ2n) is 6.01. The maximum Gasteiger partial charge on any atom is 0.429 e. The smallest absolute Gasteiger partial charge is 0.429 e. The Kier molecular flexibility index (Phi) is 4.02. The predicted octanol–water partition coefficient (Wildman–Crippen LogP) is 3.61. The average Bonchev–Trinajstić information content (AvgIpc) is 2.37. The van der Waals surface area contributed by atoms with E-state index in [1.807, 2.05) is 56.1 Å². The van der Waals surface area contributed by atoms with E-state index in [0.717, 1.165) is 5.69 Å². The van der Waals surface area contributed by atoms with Gasteiger partial charge >= 0.3 is 6.09 Å². The van der Waals surface area contributed by atoms with Gasteiger partial charge < -0.3 is 4.74 Å². The first kappa shape index (κ1) is 14.4. The highest BCUT2D eigenvalue weighted by Gasteiger charge is 2.28. The number of para-hydroxylation sites is 1. The lowest BCUT2D eigenvalue weighted by Crippen LogP contribution is -2.51. The number of hydrogen-bond donors (Lipinski definition) is 0. The molecule has 1 heterocycles. The molecule has 0 aromatic heterocycles. The Morgan fingerprint density at radius 1 is 1.20 bits per heavy atom. The van der Waals surface area contributed by atoms with Gasteiger partial charge in [0.1, 0.15) is 5.60 Å². The first-order chi connectivity index (χ1) is 9.37. The molecule has 0 N–H and O–H groups in total. The highest BCUT2D eigenvalue weighted by molar-refractivity contribution is 5.72. The first-order valence-corrected chi connectivity index (χ1v) is 6.85. The van der Waals surface area contributed by atoms with Crippen LogP contribution in [0.15, 0.2) is 42.0 Å². The zero-order valence-electron chi connectivity index (χ0n) is 12.6. The van der Waals surface area contributed by atoms with Gasteiger partial charge in [0, 0.05) is 0 Å². The summed E-state index contributed by atoms with van der Waals surface area (Å²) >= 11 is 0. The number of ether oxygens (including phenoxy) is 1. The molecule has 0 bridgehead atoms. The van der Waals surface area contributed by atoms with E-state index >= 15 is 0 Å². The maximum atomic E-state index is 12.3. The molecule has 20 heavy (non-hydrogen) atoms. The third-order valence-electron chi connectivity index (χ3n) is 2.96. The molecule has 0 spiro atoms. The molecule has 0 radical (unpaired) electrons. The molecular formula is C16H22N2O2. The first-order valence-electron chi connectivity index (χ1n) is 6.85. The standard InChI is InChI=1S/C16H22N2O2/c1-13-10-11-17(15(19)20-16(2,3)4)18(12-13)14-8-6-5-7-9-14/h5-10H,11-12H2,1-4H3. The normalized spacial score (nSPS) is 15.9. The van der Waals surface area contributed by atoms with Crippen molar-refractivity contribution in [1.29, 1.82) is 0 Å². The van der Waals surface area contributed by atoms with Gasteiger partial charge in [-0.2, -0.15) is 0 Å². The van der Waals surface area contributed by atoms with Crippen molar-refractivity contribution in [2.75, 3.05) is 18.1 Å². The number of rotatable bonds is 1. The summed E-state index contributed by atoms with van der Waals surface area (Å²) in [5.41, 5.74) is 1.75. The van der Waals surface area contributed by atoms with Crippen LogP contribution in [0.1, 0.15) is 27.7 Å². The molecule has 4 heteroatoms. The van der Waals surface area contributed by atoms with E-state index in [-0.39, 0.29) is 6.09 Å². The van der Waals surface area contributed by atoms with Crippen LogP contribution in [0.3, 0.4) is 0 Å². The van der Waals surface area contributed by atoms with E-state index < -0.39 is 5.60 Å². The third kappa shape index (κ3) is 3.53. The molecule has 1 aliphatic rings. The van der Waals surface area contributed by atoms with Crippen LogP contribution >= 0.6 is 0 Å². The summed E-state index contributed by atoms with van der Waals surface area (Å²) in [5, 5.41) is 3.61. The molecule has 0 fully saturated rings. The Morgan fingerprint density at radius 2 is 1.85 bits per heavy atom. The van der Waals surface area contributed by atoms with E-state index in [0.29, 0.717) is 13.1 Å². The maximum absolute atomic E-state index is 12.3. The molecule has 0 atom stereocenters. The van der Waals surface area contributed by atoms with Gasteiger partial charge in [0.15, 0.2) is 0 Å². The van der Waals surface area contributed by atoms with E-state index in [9.17, 15) is 4.79 Å². The Morgan fingerprint density at radius 3 is 2.45 bits per heavy atom. The van der Waals surface area contributed by atoms with Gasteiger partial charge in [-0.15, -0.1) is 0 Å². The van der Waals surface area contributed by atoms with Gasteiger partial charge in [-0.25, -0.2) is 9.80 Å². The molecule has 108 valence electrons. The molecule has 0 aliphatic carbocycles. The molecule has 4 nitrogen and oxygen atoms in total. The highest BCUT2D eigenvalue weighted by atomic mass is 16.6. The number of hydrogen-bond acceptors (Lipinski definition) is 3. The van der Waals surface area contributed by atoms with Crippen LogP contribution < -0.4 is 5.01 Å². The van der Waals surface area contributed by atoms with Crippen molar-refractivity contribution in [2.45, 2.75) is 33.3 Å². The van der Waals surface area contributed by atoms with Crippen LogP contribution in [0.5, 0.6) is 0 Å². The molecule has 2 rings (SSSR count). The summed E-state index contributed by atoms with van der Waals surface area (Å²) in [7, 11) is 0. The molecule has 1 aliphatic heterocycles. The zero-order valence-corrected chi connectivity index (χ0v) is 12.6. The Hall–Kier alpha value is -1.97. The number of nitrogens with zero attached hydrogens (tertiary/aromatic N) is 2. The highest BCUT2D eigenvalue weighted by Crippen LogP contribution is 2.22. The van der Waals surface area contributed by atoms with Gasteiger partial charge in [-0.3, -0.25) is 5.01 Å². The monoisotopic (exact) mass is 274 g/mol. The number of benzene rings is 1. The molecule has 1 amide bonds. The largest absolute Gasteiger partial charge is 0.442 e. The molecule has 0 saturated heterocycles. The van der Waals surface area contributed by atoms with Crippen molar-refractivity contribution in [3.8, 4) is 0 Å². The van der Waals surface area contributed by atoms with Crippen LogP contribution in [-0.2, 0) is 4.74 Å². The lowest BCUT2D eigenvalue weighted by molar-refractivity contribution is 0.0244. The summed E-state index contributed by atoms with van der Waals surface area (Å²) < 4.78 is 5.48. The summed E-state index contributed by atoms with van der Waals surface area (Å²) in [4.78, 5) is 12.3. The summed E-state index contributed by atoms with van der Waals surface area (Å²) in [6.07, 6.45) is 1.74. The van der Waals surface area contributed by atoms with E-state index in [4.69, 9.17) is 4.74 Å². The second-order valence-corrected chi connectivity index (χ2v) is 6.01.